The Hall–Kier alpha value is -1.96. The van der Waals surface area contributed by atoms with Gasteiger partial charge in [-0.1, -0.05) is 37.3 Å². The predicted octanol–water partition coefficient (Wildman–Crippen LogP) is 3.68. The molecule has 98 valence electrons. The zero-order valence-corrected chi connectivity index (χ0v) is 11.6. The number of carbonyl (C=O) groups is 2. The van der Waals surface area contributed by atoms with Crippen molar-refractivity contribution < 1.29 is 9.59 Å². The molecule has 0 fully saturated rings. The molecule has 1 aromatic rings. The molecule has 19 heavy (non-hydrogen) atoms. The van der Waals surface area contributed by atoms with E-state index in [2.05, 4.69) is 19.1 Å². The molecule has 1 aromatic carbocycles. The highest BCUT2D eigenvalue weighted by Gasteiger charge is 2.18. The van der Waals surface area contributed by atoms with Crippen molar-refractivity contribution in [2.24, 2.45) is 0 Å². The molecule has 0 saturated heterocycles. The summed E-state index contributed by atoms with van der Waals surface area (Å²) in [6, 6.07) is 8.17. The van der Waals surface area contributed by atoms with Crippen LogP contribution >= 0.6 is 0 Å². The third-order valence-electron chi connectivity index (χ3n) is 3.55. The summed E-state index contributed by atoms with van der Waals surface area (Å²) in [7, 11) is 0. The number of allylic oxidation sites excluding steroid dienone is 4. The van der Waals surface area contributed by atoms with Gasteiger partial charge in [-0.2, -0.15) is 0 Å². The van der Waals surface area contributed by atoms with Crippen LogP contribution in [-0.2, 0) is 9.59 Å². The molecule has 2 nitrogen and oxygen atoms in total. The van der Waals surface area contributed by atoms with E-state index >= 15 is 0 Å². The first-order valence-electron chi connectivity index (χ1n) is 6.53. The van der Waals surface area contributed by atoms with Crippen molar-refractivity contribution in [3.05, 3.63) is 53.1 Å². The largest absolute Gasteiger partial charge is 0.294 e. The van der Waals surface area contributed by atoms with Gasteiger partial charge in [-0.25, -0.2) is 0 Å². The zero-order chi connectivity index (χ0) is 14.0. The number of carbonyl (C=O) groups excluding carboxylic acids is 2. The lowest BCUT2D eigenvalue weighted by Crippen LogP contribution is -2.08. The van der Waals surface area contributed by atoms with Crippen molar-refractivity contribution >= 4 is 17.1 Å². The van der Waals surface area contributed by atoms with Crippen LogP contribution in [0.5, 0.6) is 0 Å². The molecule has 0 amide bonds. The number of ketones is 2. The summed E-state index contributed by atoms with van der Waals surface area (Å²) >= 11 is 0. The third-order valence-corrected chi connectivity index (χ3v) is 3.55. The van der Waals surface area contributed by atoms with Crippen LogP contribution < -0.4 is 0 Å². The van der Waals surface area contributed by atoms with Crippen molar-refractivity contribution in [3.63, 3.8) is 0 Å². The Kier molecular flexibility index (Phi) is 3.79. The van der Waals surface area contributed by atoms with Gasteiger partial charge >= 0.3 is 0 Å². The van der Waals surface area contributed by atoms with Gasteiger partial charge in [0, 0.05) is 0 Å². The van der Waals surface area contributed by atoms with Gasteiger partial charge in [0.2, 0.25) is 0 Å². The smallest absolute Gasteiger partial charge is 0.163 e. The molecule has 0 radical (unpaired) electrons. The van der Waals surface area contributed by atoms with Crippen molar-refractivity contribution in [3.8, 4) is 0 Å². The molecule has 0 aromatic heterocycles. The standard InChI is InChI=1S/C17H18O2/c1-11-8-9-14(10-17(12(2)18)13(3)19)16-7-5-4-6-15(11)16/h4-7,9-11H,8H2,1-3H3. The predicted molar refractivity (Wildman–Crippen MR) is 76.9 cm³/mol. The number of Topliss-reactive ketones (excluding diaryl/α,β-unsaturated/α-hetero) is 2. The SMILES string of the molecule is CC(=O)C(=CC1=CCC(C)c2ccccc21)C(C)=O. The molecule has 0 spiro atoms. The summed E-state index contributed by atoms with van der Waals surface area (Å²) in [6.45, 7) is 5.06. The Labute approximate surface area is 113 Å². The topological polar surface area (TPSA) is 34.1 Å². The van der Waals surface area contributed by atoms with E-state index in [9.17, 15) is 9.59 Å². The summed E-state index contributed by atoms with van der Waals surface area (Å²) in [5.41, 5.74) is 3.66. The Bertz CT molecular complexity index is 575. The summed E-state index contributed by atoms with van der Waals surface area (Å²) < 4.78 is 0. The molecule has 0 aliphatic heterocycles. The maximum absolute atomic E-state index is 11.5. The minimum Gasteiger partial charge on any atom is -0.294 e. The fourth-order valence-corrected chi connectivity index (χ4v) is 2.47. The van der Waals surface area contributed by atoms with Gasteiger partial charge in [0.1, 0.15) is 0 Å². The van der Waals surface area contributed by atoms with Gasteiger partial charge in [0.25, 0.3) is 0 Å². The van der Waals surface area contributed by atoms with E-state index in [1.54, 1.807) is 6.08 Å². The van der Waals surface area contributed by atoms with Gasteiger partial charge in [0.15, 0.2) is 11.6 Å². The number of fused-ring (bicyclic) bond motifs is 1. The third kappa shape index (κ3) is 2.73. The lowest BCUT2D eigenvalue weighted by Gasteiger charge is -2.21. The molecular formula is C17H18O2. The lowest BCUT2D eigenvalue weighted by atomic mass is 9.83. The number of hydrogen-bond donors (Lipinski definition) is 0. The first kappa shape index (κ1) is 13.5. The second-order valence-corrected chi connectivity index (χ2v) is 5.05. The number of benzene rings is 1. The van der Waals surface area contributed by atoms with Gasteiger partial charge in [0.05, 0.1) is 5.57 Å². The Balaban J connectivity index is 2.50. The molecule has 1 aliphatic carbocycles. The summed E-state index contributed by atoms with van der Waals surface area (Å²) in [4.78, 5) is 23.0. The quantitative estimate of drug-likeness (QED) is 0.468. The zero-order valence-electron chi connectivity index (χ0n) is 11.6. The minimum atomic E-state index is -0.176. The van der Waals surface area contributed by atoms with Crippen molar-refractivity contribution in [1.82, 2.24) is 0 Å². The first-order valence-corrected chi connectivity index (χ1v) is 6.53. The van der Waals surface area contributed by atoms with Crippen LogP contribution in [0.25, 0.3) is 5.57 Å². The fraction of sp³-hybridized carbons (Fsp3) is 0.294. The molecule has 2 heteroatoms. The molecule has 0 bridgehead atoms. The minimum absolute atomic E-state index is 0.176. The molecule has 2 rings (SSSR count). The van der Waals surface area contributed by atoms with Gasteiger partial charge < -0.3 is 0 Å². The lowest BCUT2D eigenvalue weighted by molar-refractivity contribution is -0.119. The Morgan fingerprint density at radius 2 is 1.79 bits per heavy atom. The van der Waals surface area contributed by atoms with Gasteiger partial charge in [-0.05, 0) is 49.0 Å². The van der Waals surface area contributed by atoms with Crippen LogP contribution in [0.3, 0.4) is 0 Å². The highest BCUT2D eigenvalue weighted by atomic mass is 16.1. The fourth-order valence-electron chi connectivity index (χ4n) is 2.47. The van der Waals surface area contributed by atoms with E-state index in [-0.39, 0.29) is 17.1 Å². The Morgan fingerprint density at radius 3 is 2.42 bits per heavy atom. The normalized spacial score (nSPS) is 17.2. The van der Waals surface area contributed by atoms with E-state index in [0.717, 1.165) is 17.6 Å². The first-order chi connectivity index (χ1) is 9.00. The van der Waals surface area contributed by atoms with Gasteiger partial charge in [-0.15, -0.1) is 0 Å². The highest BCUT2D eigenvalue weighted by Crippen LogP contribution is 2.35. The number of hydrogen-bond acceptors (Lipinski definition) is 2. The summed E-state index contributed by atoms with van der Waals surface area (Å²) in [6.07, 6.45) is 4.78. The van der Waals surface area contributed by atoms with E-state index in [0.29, 0.717) is 5.92 Å². The molecule has 1 unspecified atom stereocenters. The van der Waals surface area contributed by atoms with Crippen LogP contribution in [0.15, 0.2) is 42.0 Å². The summed E-state index contributed by atoms with van der Waals surface area (Å²) in [5.74, 6) is 0.125. The van der Waals surface area contributed by atoms with Gasteiger partial charge in [-0.3, -0.25) is 9.59 Å². The highest BCUT2D eigenvalue weighted by molar-refractivity contribution is 6.19. The maximum Gasteiger partial charge on any atom is 0.163 e. The average Bonchev–Trinajstić information content (AvgIpc) is 2.37. The summed E-state index contributed by atoms with van der Waals surface area (Å²) in [5, 5.41) is 0. The van der Waals surface area contributed by atoms with E-state index in [4.69, 9.17) is 0 Å². The van der Waals surface area contributed by atoms with E-state index in [1.165, 1.54) is 19.4 Å². The molecule has 0 saturated carbocycles. The van der Waals surface area contributed by atoms with Crippen LogP contribution in [0.2, 0.25) is 0 Å². The monoisotopic (exact) mass is 254 g/mol. The second-order valence-electron chi connectivity index (χ2n) is 5.05. The average molecular weight is 254 g/mol. The maximum atomic E-state index is 11.5. The van der Waals surface area contributed by atoms with Crippen molar-refractivity contribution in [1.29, 1.82) is 0 Å². The van der Waals surface area contributed by atoms with Crippen LogP contribution in [-0.4, -0.2) is 11.6 Å². The van der Waals surface area contributed by atoms with E-state index in [1.807, 2.05) is 18.2 Å². The Morgan fingerprint density at radius 1 is 1.16 bits per heavy atom. The van der Waals surface area contributed by atoms with Crippen molar-refractivity contribution in [2.45, 2.75) is 33.1 Å². The number of rotatable bonds is 3. The second kappa shape index (κ2) is 5.35. The molecule has 1 atom stereocenters. The van der Waals surface area contributed by atoms with Crippen molar-refractivity contribution in [2.75, 3.05) is 0 Å². The molecule has 0 N–H and O–H groups in total. The molecule has 0 heterocycles. The molecular weight excluding hydrogens is 236 g/mol. The van der Waals surface area contributed by atoms with Crippen LogP contribution in [0, 0.1) is 0 Å². The van der Waals surface area contributed by atoms with E-state index < -0.39 is 0 Å². The van der Waals surface area contributed by atoms with Crippen LogP contribution in [0.1, 0.15) is 44.2 Å². The molecule has 1 aliphatic rings. The van der Waals surface area contributed by atoms with Crippen LogP contribution in [0.4, 0.5) is 0 Å².